The molecule has 0 radical (unpaired) electrons. The van der Waals surface area contributed by atoms with Crippen LogP contribution < -0.4 is 5.73 Å². The van der Waals surface area contributed by atoms with Gasteiger partial charge >= 0.3 is 0 Å². The lowest BCUT2D eigenvalue weighted by molar-refractivity contribution is -0.384. The molecule has 0 fully saturated rings. The summed E-state index contributed by atoms with van der Waals surface area (Å²) in [4.78, 5) is 9.98. The number of rotatable bonds is 6. The number of non-ortho nitro benzene ring substituents is 1. The van der Waals surface area contributed by atoms with Crippen molar-refractivity contribution < 1.29 is 9.66 Å². The van der Waals surface area contributed by atoms with Crippen molar-refractivity contribution in [2.45, 2.75) is 13.0 Å². The predicted octanol–water partition coefficient (Wildman–Crippen LogP) is 2.11. The molecule has 0 aliphatic rings. The highest BCUT2D eigenvalue weighted by Gasteiger charge is 2.09. The van der Waals surface area contributed by atoms with Gasteiger partial charge in [0.25, 0.3) is 5.69 Å². The third-order valence-corrected chi connectivity index (χ3v) is 2.35. The minimum absolute atomic E-state index is 0.0179. The summed E-state index contributed by atoms with van der Waals surface area (Å²) in [7, 11) is 0. The molecule has 2 N–H and O–H groups in total. The van der Waals surface area contributed by atoms with Crippen LogP contribution in [0.25, 0.3) is 0 Å². The van der Waals surface area contributed by atoms with E-state index in [1.54, 1.807) is 6.07 Å². The van der Waals surface area contributed by atoms with E-state index in [0.29, 0.717) is 24.8 Å². The standard InChI is InChI=1S/C10H13ClN2O3/c11-10-6-9(13(14)15)3-2-8(10)7-16-5-1-4-12/h2-3,6H,1,4-5,7,12H2. The van der Waals surface area contributed by atoms with Crippen LogP contribution in [0.3, 0.4) is 0 Å². The lowest BCUT2D eigenvalue weighted by Crippen LogP contribution is -2.04. The first-order chi connectivity index (χ1) is 7.65. The van der Waals surface area contributed by atoms with Crippen molar-refractivity contribution >= 4 is 17.3 Å². The van der Waals surface area contributed by atoms with Gasteiger partial charge in [-0.25, -0.2) is 0 Å². The van der Waals surface area contributed by atoms with Crippen LogP contribution in [-0.2, 0) is 11.3 Å². The van der Waals surface area contributed by atoms with Gasteiger partial charge in [-0.3, -0.25) is 10.1 Å². The van der Waals surface area contributed by atoms with E-state index in [9.17, 15) is 10.1 Å². The Morgan fingerprint density at radius 2 is 2.25 bits per heavy atom. The zero-order valence-corrected chi connectivity index (χ0v) is 9.44. The average Bonchev–Trinajstić information content (AvgIpc) is 2.26. The van der Waals surface area contributed by atoms with Gasteiger partial charge in [0.2, 0.25) is 0 Å². The summed E-state index contributed by atoms with van der Waals surface area (Å²) >= 11 is 5.88. The van der Waals surface area contributed by atoms with Crippen molar-refractivity contribution in [1.82, 2.24) is 0 Å². The van der Waals surface area contributed by atoms with Gasteiger partial charge in [0.15, 0.2) is 0 Å². The maximum atomic E-state index is 10.5. The van der Waals surface area contributed by atoms with E-state index < -0.39 is 4.92 Å². The fourth-order valence-electron chi connectivity index (χ4n) is 1.13. The van der Waals surface area contributed by atoms with E-state index in [0.717, 1.165) is 12.0 Å². The number of ether oxygens (including phenoxy) is 1. The van der Waals surface area contributed by atoms with Gasteiger partial charge in [-0.05, 0) is 24.6 Å². The number of hydrogen-bond donors (Lipinski definition) is 1. The fourth-order valence-corrected chi connectivity index (χ4v) is 1.36. The Balaban J connectivity index is 2.57. The Labute approximate surface area is 98.3 Å². The Morgan fingerprint density at radius 1 is 1.50 bits per heavy atom. The average molecular weight is 245 g/mol. The number of nitro benzene ring substituents is 1. The number of nitrogens with two attached hydrogens (primary N) is 1. The van der Waals surface area contributed by atoms with E-state index in [4.69, 9.17) is 22.1 Å². The molecule has 0 spiro atoms. The van der Waals surface area contributed by atoms with Gasteiger partial charge in [-0.1, -0.05) is 11.6 Å². The smallest absolute Gasteiger partial charge is 0.270 e. The summed E-state index contributed by atoms with van der Waals surface area (Å²) in [6.45, 7) is 1.48. The number of nitrogens with zero attached hydrogens (tertiary/aromatic N) is 1. The van der Waals surface area contributed by atoms with E-state index in [2.05, 4.69) is 0 Å². The molecule has 1 aromatic rings. The molecule has 0 saturated heterocycles. The first-order valence-electron chi connectivity index (χ1n) is 4.85. The first-order valence-corrected chi connectivity index (χ1v) is 5.23. The van der Waals surface area contributed by atoms with Crippen molar-refractivity contribution in [1.29, 1.82) is 0 Å². The molecule has 1 rings (SSSR count). The second-order valence-corrected chi connectivity index (χ2v) is 3.63. The Bertz CT molecular complexity index is 371. The van der Waals surface area contributed by atoms with Crippen LogP contribution in [0, 0.1) is 10.1 Å². The van der Waals surface area contributed by atoms with Crippen molar-refractivity contribution in [2.75, 3.05) is 13.2 Å². The highest BCUT2D eigenvalue weighted by atomic mass is 35.5. The third kappa shape index (κ3) is 3.77. The largest absolute Gasteiger partial charge is 0.377 e. The summed E-state index contributed by atoms with van der Waals surface area (Å²) in [5.41, 5.74) is 6.03. The molecule has 88 valence electrons. The molecule has 0 unspecified atom stereocenters. The molecule has 0 atom stereocenters. The van der Waals surface area contributed by atoms with Gasteiger partial charge < -0.3 is 10.5 Å². The topological polar surface area (TPSA) is 78.4 Å². The second-order valence-electron chi connectivity index (χ2n) is 3.23. The first kappa shape index (κ1) is 12.9. The van der Waals surface area contributed by atoms with Gasteiger partial charge in [-0.15, -0.1) is 0 Å². The summed E-state index contributed by atoms with van der Waals surface area (Å²) in [6, 6.07) is 4.33. The molecule has 6 heteroatoms. The molecule has 1 aromatic carbocycles. The van der Waals surface area contributed by atoms with E-state index >= 15 is 0 Å². The molecular formula is C10H13ClN2O3. The summed E-state index contributed by atoms with van der Waals surface area (Å²) < 4.78 is 5.31. The Hall–Kier alpha value is -1.17. The fraction of sp³-hybridized carbons (Fsp3) is 0.400. The van der Waals surface area contributed by atoms with Crippen LogP contribution in [0.15, 0.2) is 18.2 Å². The van der Waals surface area contributed by atoms with Crippen LogP contribution >= 0.6 is 11.6 Å². The molecule has 0 aliphatic heterocycles. The van der Waals surface area contributed by atoms with Gasteiger partial charge in [-0.2, -0.15) is 0 Å². The molecule has 0 heterocycles. The van der Waals surface area contributed by atoms with Crippen molar-refractivity contribution in [3.05, 3.63) is 38.9 Å². The quantitative estimate of drug-likeness (QED) is 0.472. The summed E-state index contributed by atoms with van der Waals surface area (Å²) in [6.07, 6.45) is 0.782. The SMILES string of the molecule is NCCCOCc1ccc([N+](=O)[O-])cc1Cl. The zero-order valence-electron chi connectivity index (χ0n) is 8.69. The Morgan fingerprint density at radius 3 is 2.81 bits per heavy atom. The van der Waals surface area contributed by atoms with E-state index in [1.807, 2.05) is 0 Å². The van der Waals surface area contributed by atoms with Crippen LogP contribution in [-0.4, -0.2) is 18.1 Å². The number of benzene rings is 1. The highest BCUT2D eigenvalue weighted by molar-refractivity contribution is 6.31. The third-order valence-electron chi connectivity index (χ3n) is 2.00. The van der Waals surface area contributed by atoms with Gasteiger partial charge in [0.1, 0.15) is 0 Å². The molecular weight excluding hydrogens is 232 g/mol. The van der Waals surface area contributed by atoms with Gasteiger partial charge in [0.05, 0.1) is 16.6 Å². The maximum Gasteiger partial charge on any atom is 0.270 e. The van der Waals surface area contributed by atoms with E-state index in [1.165, 1.54) is 12.1 Å². The lowest BCUT2D eigenvalue weighted by Gasteiger charge is -2.05. The van der Waals surface area contributed by atoms with Crippen LogP contribution in [0.4, 0.5) is 5.69 Å². The molecule has 0 saturated carbocycles. The van der Waals surface area contributed by atoms with Crippen LogP contribution in [0.1, 0.15) is 12.0 Å². The Kier molecular flexibility index (Phi) is 5.18. The summed E-state index contributed by atoms with van der Waals surface area (Å²) in [5.74, 6) is 0. The summed E-state index contributed by atoms with van der Waals surface area (Å²) in [5, 5.41) is 10.8. The molecule has 16 heavy (non-hydrogen) atoms. The normalized spacial score (nSPS) is 10.4. The zero-order chi connectivity index (χ0) is 12.0. The molecule has 0 bridgehead atoms. The molecule has 0 amide bonds. The predicted molar refractivity (Wildman–Crippen MR) is 61.4 cm³/mol. The lowest BCUT2D eigenvalue weighted by atomic mass is 10.2. The van der Waals surface area contributed by atoms with Crippen molar-refractivity contribution in [3.63, 3.8) is 0 Å². The molecule has 5 nitrogen and oxygen atoms in total. The van der Waals surface area contributed by atoms with Crippen molar-refractivity contribution in [2.24, 2.45) is 5.73 Å². The van der Waals surface area contributed by atoms with Crippen LogP contribution in [0.5, 0.6) is 0 Å². The van der Waals surface area contributed by atoms with Crippen molar-refractivity contribution in [3.8, 4) is 0 Å². The van der Waals surface area contributed by atoms with Crippen LogP contribution in [0.2, 0.25) is 5.02 Å². The minimum Gasteiger partial charge on any atom is -0.377 e. The van der Waals surface area contributed by atoms with Gasteiger partial charge in [0, 0.05) is 18.7 Å². The number of nitro groups is 1. The second kappa shape index (κ2) is 6.42. The minimum atomic E-state index is -0.481. The highest BCUT2D eigenvalue weighted by Crippen LogP contribution is 2.22. The molecule has 0 aliphatic carbocycles. The number of hydrogen-bond acceptors (Lipinski definition) is 4. The number of halogens is 1. The monoisotopic (exact) mass is 244 g/mol. The maximum absolute atomic E-state index is 10.5. The molecule has 0 aromatic heterocycles. The van der Waals surface area contributed by atoms with E-state index in [-0.39, 0.29) is 5.69 Å².